The Morgan fingerprint density at radius 1 is 1.20 bits per heavy atom. The number of carbonyl (C=O) groups excluding carboxylic acids is 2. The summed E-state index contributed by atoms with van der Waals surface area (Å²) in [5.74, 6) is -0.873. The van der Waals surface area contributed by atoms with Crippen molar-refractivity contribution in [1.82, 2.24) is 10.5 Å². The molecule has 2 rings (SSSR count). The maximum Gasteiger partial charge on any atom is 0.293 e. The fourth-order valence-electron chi connectivity index (χ4n) is 1.72. The molecule has 1 heterocycles. The molecular formula is C14H13N3O3. The zero-order chi connectivity index (χ0) is 14.5. The van der Waals surface area contributed by atoms with Gasteiger partial charge in [0.25, 0.3) is 5.91 Å². The number of anilines is 1. The molecule has 0 unspecified atom stereocenters. The van der Waals surface area contributed by atoms with E-state index in [4.69, 9.17) is 10.9 Å². The highest BCUT2D eigenvalue weighted by Gasteiger charge is 2.11. The van der Waals surface area contributed by atoms with E-state index in [0.29, 0.717) is 11.3 Å². The standard InChI is InChI=1S/C14H13N3O3/c15-11-4-2-1-3-9(11)7-13(18)10-5-6-12(16-8-10)14(19)17-20/h1-6,8,20H,7,15H2,(H,17,19). The first-order valence-corrected chi connectivity index (χ1v) is 5.89. The van der Waals surface area contributed by atoms with E-state index in [9.17, 15) is 9.59 Å². The predicted octanol–water partition coefficient (Wildman–Crippen LogP) is 1.21. The number of pyridine rings is 1. The highest BCUT2D eigenvalue weighted by atomic mass is 16.5. The van der Waals surface area contributed by atoms with E-state index >= 15 is 0 Å². The van der Waals surface area contributed by atoms with Crippen molar-refractivity contribution < 1.29 is 14.8 Å². The van der Waals surface area contributed by atoms with Crippen molar-refractivity contribution in [1.29, 1.82) is 0 Å². The maximum atomic E-state index is 12.1. The molecule has 1 aromatic carbocycles. The lowest BCUT2D eigenvalue weighted by molar-refractivity contribution is 0.0700. The van der Waals surface area contributed by atoms with Gasteiger partial charge in [-0.3, -0.25) is 19.8 Å². The van der Waals surface area contributed by atoms with Crippen LogP contribution >= 0.6 is 0 Å². The number of nitrogen functional groups attached to an aromatic ring is 1. The number of Topliss-reactive ketones (excluding diaryl/α,β-unsaturated/α-hetero) is 1. The summed E-state index contributed by atoms with van der Waals surface area (Å²) in [5.41, 5.74) is 8.97. The summed E-state index contributed by atoms with van der Waals surface area (Å²) < 4.78 is 0. The molecule has 0 fully saturated rings. The van der Waals surface area contributed by atoms with E-state index in [0.717, 1.165) is 5.56 Å². The molecule has 0 aliphatic heterocycles. The van der Waals surface area contributed by atoms with Crippen molar-refractivity contribution in [2.45, 2.75) is 6.42 Å². The number of hydrogen-bond donors (Lipinski definition) is 3. The maximum absolute atomic E-state index is 12.1. The molecule has 0 aliphatic rings. The lowest BCUT2D eigenvalue weighted by atomic mass is 10.0. The van der Waals surface area contributed by atoms with Crippen LogP contribution in [-0.4, -0.2) is 21.9 Å². The summed E-state index contributed by atoms with van der Waals surface area (Å²) >= 11 is 0. The second kappa shape index (κ2) is 5.94. The first kappa shape index (κ1) is 13.7. The van der Waals surface area contributed by atoms with E-state index in [2.05, 4.69) is 4.98 Å². The van der Waals surface area contributed by atoms with Crippen molar-refractivity contribution in [2.24, 2.45) is 0 Å². The molecule has 0 saturated heterocycles. The van der Waals surface area contributed by atoms with Gasteiger partial charge in [0.15, 0.2) is 5.78 Å². The fraction of sp³-hybridized carbons (Fsp3) is 0.0714. The first-order chi connectivity index (χ1) is 9.61. The summed E-state index contributed by atoms with van der Waals surface area (Å²) in [6, 6.07) is 9.98. The van der Waals surface area contributed by atoms with Gasteiger partial charge in [-0.15, -0.1) is 0 Å². The molecule has 6 heteroatoms. The van der Waals surface area contributed by atoms with Gasteiger partial charge in [0.2, 0.25) is 0 Å². The molecule has 0 atom stereocenters. The molecule has 20 heavy (non-hydrogen) atoms. The number of rotatable bonds is 4. The Morgan fingerprint density at radius 3 is 2.55 bits per heavy atom. The van der Waals surface area contributed by atoms with Crippen LogP contribution in [0.3, 0.4) is 0 Å². The summed E-state index contributed by atoms with van der Waals surface area (Å²) in [6.45, 7) is 0. The van der Waals surface area contributed by atoms with Gasteiger partial charge >= 0.3 is 0 Å². The molecular weight excluding hydrogens is 258 g/mol. The van der Waals surface area contributed by atoms with Gasteiger partial charge in [-0.1, -0.05) is 18.2 Å². The molecule has 0 aliphatic carbocycles. The van der Waals surface area contributed by atoms with Crippen molar-refractivity contribution >= 4 is 17.4 Å². The van der Waals surface area contributed by atoms with Crippen LogP contribution in [0, 0.1) is 0 Å². The van der Waals surface area contributed by atoms with E-state index in [1.807, 2.05) is 6.07 Å². The zero-order valence-corrected chi connectivity index (χ0v) is 10.5. The Kier molecular flexibility index (Phi) is 4.07. The minimum absolute atomic E-state index is 0.0308. The van der Waals surface area contributed by atoms with Crippen LogP contribution in [0.5, 0.6) is 0 Å². The summed E-state index contributed by atoms with van der Waals surface area (Å²) in [6.07, 6.45) is 1.46. The SMILES string of the molecule is Nc1ccccc1CC(=O)c1ccc(C(=O)NO)nc1. The van der Waals surface area contributed by atoms with Gasteiger partial charge in [-0.05, 0) is 23.8 Å². The number of hydroxylamine groups is 1. The Morgan fingerprint density at radius 2 is 1.95 bits per heavy atom. The third kappa shape index (κ3) is 2.99. The monoisotopic (exact) mass is 271 g/mol. The van der Waals surface area contributed by atoms with Crippen molar-refractivity contribution in [3.05, 3.63) is 59.4 Å². The van der Waals surface area contributed by atoms with Gasteiger partial charge < -0.3 is 5.73 Å². The van der Waals surface area contributed by atoms with E-state index in [1.165, 1.54) is 23.8 Å². The summed E-state index contributed by atoms with van der Waals surface area (Å²) in [4.78, 5) is 27.0. The van der Waals surface area contributed by atoms with Gasteiger partial charge in [0, 0.05) is 23.9 Å². The zero-order valence-electron chi connectivity index (χ0n) is 10.5. The number of para-hydroxylation sites is 1. The number of ketones is 1. The molecule has 2 aromatic rings. The number of amides is 1. The molecule has 102 valence electrons. The van der Waals surface area contributed by atoms with E-state index < -0.39 is 5.91 Å². The van der Waals surface area contributed by atoms with Gasteiger partial charge in [0.1, 0.15) is 5.69 Å². The normalized spacial score (nSPS) is 10.1. The largest absolute Gasteiger partial charge is 0.398 e. The van der Waals surface area contributed by atoms with Crippen molar-refractivity contribution in [3.8, 4) is 0 Å². The Bertz CT molecular complexity index is 638. The smallest absolute Gasteiger partial charge is 0.293 e. The van der Waals surface area contributed by atoms with Crippen LogP contribution in [0.15, 0.2) is 42.6 Å². The Hall–Kier alpha value is -2.73. The highest BCUT2D eigenvalue weighted by molar-refractivity contribution is 5.98. The lowest BCUT2D eigenvalue weighted by Crippen LogP contribution is -2.20. The molecule has 4 N–H and O–H groups in total. The van der Waals surface area contributed by atoms with Gasteiger partial charge in [-0.25, -0.2) is 5.48 Å². The lowest BCUT2D eigenvalue weighted by Gasteiger charge is -2.05. The highest BCUT2D eigenvalue weighted by Crippen LogP contribution is 2.14. The van der Waals surface area contributed by atoms with Crippen LogP contribution in [0.2, 0.25) is 0 Å². The molecule has 1 amide bonds. The minimum atomic E-state index is -0.726. The van der Waals surface area contributed by atoms with Gasteiger partial charge in [-0.2, -0.15) is 0 Å². The number of hydrogen-bond acceptors (Lipinski definition) is 5. The number of nitrogens with one attached hydrogen (secondary N) is 1. The Balaban J connectivity index is 2.14. The predicted molar refractivity (Wildman–Crippen MR) is 72.4 cm³/mol. The number of nitrogens with zero attached hydrogens (tertiary/aromatic N) is 1. The summed E-state index contributed by atoms with van der Waals surface area (Å²) in [5, 5.41) is 8.47. The third-order valence-corrected chi connectivity index (χ3v) is 2.83. The van der Waals surface area contributed by atoms with Crippen molar-refractivity contribution in [3.63, 3.8) is 0 Å². The third-order valence-electron chi connectivity index (χ3n) is 2.83. The summed E-state index contributed by atoms with van der Waals surface area (Å²) in [7, 11) is 0. The average Bonchev–Trinajstić information content (AvgIpc) is 2.49. The van der Waals surface area contributed by atoms with Crippen LogP contribution in [0.1, 0.15) is 26.4 Å². The number of benzene rings is 1. The van der Waals surface area contributed by atoms with Gasteiger partial charge in [0.05, 0.1) is 0 Å². The fourth-order valence-corrected chi connectivity index (χ4v) is 1.72. The first-order valence-electron chi connectivity index (χ1n) is 5.89. The quantitative estimate of drug-likeness (QED) is 0.335. The van der Waals surface area contributed by atoms with Crippen LogP contribution in [-0.2, 0) is 6.42 Å². The number of aromatic nitrogens is 1. The molecule has 6 nitrogen and oxygen atoms in total. The second-order valence-corrected chi connectivity index (χ2v) is 4.17. The van der Waals surface area contributed by atoms with Crippen molar-refractivity contribution in [2.75, 3.05) is 5.73 Å². The Labute approximate surface area is 115 Å². The van der Waals surface area contributed by atoms with E-state index in [1.54, 1.807) is 18.2 Å². The minimum Gasteiger partial charge on any atom is -0.398 e. The topological polar surface area (TPSA) is 105 Å². The van der Waals surface area contributed by atoms with Crippen LogP contribution in [0.4, 0.5) is 5.69 Å². The van der Waals surface area contributed by atoms with Crippen LogP contribution in [0.25, 0.3) is 0 Å². The van der Waals surface area contributed by atoms with Crippen LogP contribution < -0.4 is 11.2 Å². The average molecular weight is 271 g/mol. The number of nitrogens with two attached hydrogens (primary N) is 1. The number of carbonyl (C=O) groups is 2. The second-order valence-electron chi connectivity index (χ2n) is 4.17. The molecule has 1 aromatic heterocycles. The molecule has 0 radical (unpaired) electrons. The molecule has 0 saturated carbocycles. The molecule has 0 bridgehead atoms. The van der Waals surface area contributed by atoms with E-state index in [-0.39, 0.29) is 17.9 Å². The molecule has 0 spiro atoms.